The number of nitrogens with two attached hydrogens (primary N) is 1. The molecule has 5 heteroatoms. The summed E-state index contributed by atoms with van der Waals surface area (Å²) in [5.41, 5.74) is 7.78. The predicted molar refractivity (Wildman–Crippen MR) is 90.3 cm³/mol. The Morgan fingerprint density at radius 2 is 1.95 bits per heavy atom. The summed E-state index contributed by atoms with van der Waals surface area (Å²) in [4.78, 5) is 2.10. The highest BCUT2D eigenvalue weighted by atomic mass is 16.4. The number of para-hydroxylation sites is 2. The zero-order chi connectivity index (χ0) is 15.9. The molecule has 1 aromatic rings. The van der Waals surface area contributed by atoms with Gasteiger partial charge < -0.3 is 21.2 Å². The molecule has 0 aliphatic carbocycles. The number of amidine groups is 1. The van der Waals surface area contributed by atoms with Crippen LogP contribution in [0.5, 0.6) is 0 Å². The number of rotatable bonds is 8. The van der Waals surface area contributed by atoms with Gasteiger partial charge in [-0.1, -0.05) is 37.6 Å². The fraction of sp³-hybridized carbons (Fsp3) is 0.562. The highest BCUT2D eigenvalue weighted by Crippen LogP contribution is 2.25. The van der Waals surface area contributed by atoms with Gasteiger partial charge in [0.1, 0.15) is 5.84 Å². The first-order valence-corrected chi connectivity index (χ1v) is 7.36. The summed E-state index contributed by atoms with van der Waals surface area (Å²) in [6.07, 6.45) is 2.98. The fourth-order valence-corrected chi connectivity index (χ4v) is 2.19. The van der Waals surface area contributed by atoms with Gasteiger partial charge in [-0.05, 0) is 25.0 Å². The molecule has 0 saturated heterocycles. The molecule has 0 aliphatic heterocycles. The molecule has 0 saturated carbocycles. The molecule has 0 bridgehead atoms. The molecule has 1 rings (SSSR count). The molecule has 0 fully saturated rings. The summed E-state index contributed by atoms with van der Waals surface area (Å²) in [5.74, 6) is 0.299. The van der Waals surface area contributed by atoms with E-state index < -0.39 is 0 Å². The third kappa shape index (κ3) is 5.17. The van der Waals surface area contributed by atoms with Gasteiger partial charge in [-0.2, -0.15) is 0 Å². The van der Waals surface area contributed by atoms with Crippen LogP contribution in [-0.4, -0.2) is 31.7 Å². The molecule has 0 aromatic heterocycles. The van der Waals surface area contributed by atoms with Crippen LogP contribution in [0.3, 0.4) is 0 Å². The van der Waals surface area contributed by atoms with E-state index in [0.717, 1.165) is 31.5 Å². The standard InChI is InChI=1S/C16H28N4O/c1-16(2,15(17)19-21)11-7-8-12-18-13-9-5-6-10-14(13)20(3)4/h5-6,9-10,18,21H,7-8,11-12H2,1-4H3,(H2,17,19). The van der Waals surface area contributed by atoms with E-state index in [4.69, 9.17) is 10.9 Å². The Labute approximate surface area is 127 Å². The van der Waals surface area contributed by atoms with Gasteiger partial charge in [0.05, 0.1) is 11.4 Å². The zero-order valence-corrected chi connectivity index (χ0v) is 13.6. The number of nitrogens with one attached hydrogen (secondary N) is 1. The van der Waals surface area contributed by atoms with E-state index in [1.807, 2.05) is 40.1 Å². The Bertz CT molecular complexity index is 469. The predicted octanol–water partition coefficient (Wildman–Crippen LogP) is 3.11. The Morgan fingerprint density at radius 1 is 1.29 bits per heavy atom. The fourth-order valence-electron chi connectivity index (χ4n) is 2.19. The summed E-state index contributed by atoms with van der Waals surface area (Å²) in [6.45, 7) is 4.91. The third-order valence-electron chi connectivity index (χ3n) is 3.73. The van der Waals surface area contributed by atoms with Crippen molar-refractivity contribution >= 4 is 17.2 Å². The molecule has 21 heavy (non-hydrogen) atoms. The van der Waals surface area contributed by atoms with Gasteiger partial charge in [-0.15, -0.1) is 0 Å². The quantitative estimate of drug-likeness (QED) is 0.226. The lowest BCUT2D eigenvalue weighted by Gasteiger charge is -2.23. The number of benzene rings is 1. The Kier molecular flexibility index (Phi) is 6.34. The van der Waals surface area contributed by atoms with Crippen molar-refractivity contribution in [2.75, 3.05) is 30.9 Å². The van der Waals surface area contributed by atoms with E-state index in [0.29, 0.717) is 5.84 Å². The van der Waals surface area contributed by atoms with Crippen molar-refractivity contribution < 1.29 is 5.21 Å². The third-order valence-corrected chi connectivity index (χ3v) is 3.73. The first-order valence-electron chi connectivity index (χ1n) is 7.36. The van der Waals surface area contributed by atoms with Crippen LogP contribution in [0.15, 0.2) is 29.4 Å². The van der Waals surface area contributed by atoms with E-state index in [1.54, 1.807) is 0 Å². The van der Waals surface area contributed by atoms with Gasteiger partial charge in [0.15, 0.2) is 0 Å². The SMILES string of the molecule is CN(C)c1ccccc1NCCCCC(C)(C)/C(N)=N/O. The van der Waals surface area contributed by atoms with Crippen molar-refractivity contribution in [1.82, 2.24) is 0 Å². The molecule has 118 valence electrons. The summed E-state index contributed by atoms with van der Waals surface area (Å²) >= 11 is 0. The van der Waals surface area contributed by atoms with Gasteiger partial charge >= 0.3 is 0 Å². The molecule has 0 heterocycles. The van der Waals surface area contributed by atoms with Crippen LogP contribution >= 0.6 is 0 Å². The Hall–Kier alpha value is -1.91. The number of oxime groups is 1. The number of anilines is 2. The molecule has 0 unspecified atom stereocenters. The molecule has 0 atom stereocenters. The van der Waals surface area contributed by atoms with E-state index >= 15 is 0 Å². The first kappa shape index (κ1) is 17.1. The minimum atomic E-state index is -0.254. The Morgan fingerprint density at radius 3 is 2.57 bits per heavy atom. The van der Waals surface area contributed by atoms with Crippen LogP contribution in [0.2, 0.25) is 0 Å². The normalized spacial score (nSPS) is 12.3. The minimum Gasteiger partial charge on any atom is -0.409 e. The molecule has 4 N–H and O–H groups in total. The van der Waals surface area contributed by atoms with E-state index in [9.17, 15) is 0 Å². The van der Waals surface area contributed by atoms with Crippen LogP contribution in [0.4, 0.5) is 11.4 Å². The Balaban J connectivity index is 2.39. The van der Waals surface area contributed by atoms with E-state index in [2.05, 4.69) is 27.5 Å². The van der Waals surface area contributed by atoms with Crippen LogP contribution in [0.1, 0.15) is 33.1 Å². The largest absolute Gasteiger partial charge is 0.409 e. The molecular formula is C16H28N4O. The van der Waals surface area contributed by atoms with Gasteiger partial charge in [-0.25, -0.2) is 0 Å². The molecule has 0 radical (unpaired) electrons. The van der Waals surface area contributed by atoms with Crippen LogP contribution in [-0.2, 0) is 0 Å². The maximum atomic E-state index is 8.75. The molecular weight excluding hydrogens is 264 g/mol. The summed E-state index contributed by atoms with van der Waals surface area (Å²) in [7, 11) is 4.08. The van der Waals surface area contributed by atoms with Crippen molar-refractivity contribution in [2.24, 2.45) is 16.3 Å². The average Bonchev–Trinajstić information content (AvgIpc) is 2.46. The summed E-state index contributed by atoms with van der Waals surface area (Å²) in [5, 5.41) is 15.3. The highest BCUT2D eigenvalue weighted by Gasteiger charge is 2.22. The first-order chi connectivity index (χ1) is 9.88. The lowest BCUT2D eigenvalue weighted by atomic mass is 9.86. The second-order valence-corrected chi connectivity index (χ2v) is 6.16. The smallest absolute Gasteiger partial charge is 0.144 e. The second kappa shape index (κ2) is 7.76. The van der Waals surface area contributed by atoms with Crippen molar-refractivity contribution in [3.8, 4) is 0 Å². The van der Waals surface area contributed by atoms with Gasteiger partial charge in [0.25, 0.3) is 0 Å². The molecule has 1 aromatic carbocycles. The van der Waals surface area contributed by atoms with Crippen molar-refractivity contribution in [3.63, 3.8) is 0 Å². The lowest BCUT2D eigenvalue weighted by molar-refractivity contribution is 0.304. The maximum absolute atomic E-state index is 8.75. The molecule has 0 amide bonds. The van der Waals surface area contributed by atoms with Crippen molar-refractivity contribution in [1.29, 1.82) is 0 Å². The second-order valence-electron chi connectivity index (χ2n) is 6.16. The van der Waals surface area contributed by atoms with Gasteiger partial charge in [0.2, 0.25) is 0 Å². The highest BCUT2D eigenvalue weighted by molar-refractivity contribution is 5.85. The van der Waals surface area contributed by atoms with Gasteiger partial charge in [0, 0.05) is 26.1 Å². The zero-order valence-electron chi connectivity index (χ0n) is 13.6. The lowest BCUT2D eigenvalue weighted by Crippen LogP contribution is -2.31. The van der Waals surface area contributed by atoms with Crippen LogP contribution < -0.4 is 16.0 Å². The summed E-state index contributed by atoms with van der Waals surface area (Å²) in [6, 6.07) is 8.27. The van der Waals surface area contributed by atoms with Crippen molar-refractivity contribution in [2.45, 2.75) is 33.1 Å². The minimum absolute atomic E-state index is 0.254. The van der Waals surface area contributed by atoms with E-state index in [1.165, 1.54) is 5.69 Å². The molecule has 5 nitrogen and oxygen atoms in total. The number of unbranched alkanes of at least 4 members (excludes halogenated alkanes) is 1. The monoisotopic (exact) mass is 292 g/mol. The number of hydrogen-bond donors (Lipinski definition) is 3. The maximum Gasteiger partial charge on any atom is 0.144 e. The van der Waals surface area contributed by atoms with Crippen molar-refractivity contribution in [3.05, 3.63) is 24.3 Å². The van der Waals surface area contributed by atoms with E-state index in [-0.39, 0.29) is 5.41 Å². The van der Waals surface area contributed by atoms with Gasteiger partial charge in [-0.3, -0.25) is 0 Å². The topological polar surface area (TPSA) is 73.9 Å². The molecule has 0 spiro atoms. The summed E-state index contributed by atoms with van der Waals surface area (Å²) < 4.78 is 0. The molecule has 0 aliphatic rings. The number of nitrogens with zero attached hydrogens (tertiary/aromatic N) is 2. The van der Waals surface area contributed by atoms with Crippen LogP contribution in [0, 0.1) is 5.41 Å². The average molecular weight is 292 g/mol. The number of hydrogen-bond acceptors (Lipinski definition) is 4. The van der Waals surface area contributed by atoms with Crippen LogP contribution in [0.25, 0.3) is 0 Å².